The summed E-state index contributed by atoms with van der Waals surface area (Å²) in [6, 6.07) is 10.8. The van der Waals surface area contributed by atoms with Gasteiger partial charge in [0.2, 0.25) is 0 Å². The largest absolute Gasteiger partial charge is 0.294 e. The summed E-state index contributed by atoms with van der Waals surface area (Å²) >= 11 is 0. The summed E-state index contributed by atoms with van der Waals surface area (Å²) in [4.78, 5) is 0.0231. The van der Waals surface area contributed by atoms with Crippen LogP contribution in [0, 0.1) is 5.92 Å². The van der Waals surface area contributed by atoms with Gasteiger partial charge >= 0.3 is 0 Å². The summed E-state index contributed by atoms with van der Waals surface area (Å²) in [7, 11) is -4.17. The van der Waals surface area contributed by atoms with Crippen LogP contribution >= 0.6 is 0 Å². The molecule has 18 heavy (non-hydrogen) atoms. The van der Waals surface area contributed by atoms with Crippen molar-refractivity contribution in [3.8, 4) is 0 Å². The summed E-state index contributed by atoms with van der Waals surface area (Å²) in [5, 5.41) is 1.88. The zero-order chi connectivity index (χ0) is 13.3. The molecule has 0 amide bonds. The zero-order valence-electron chi connectivity index (χ0n) is 10.4. The van der Waals surface area contributed by atoms with Crippen molar-refractivity contribution in [1.82, 2.24) is 0 Å². The summed E-state index contributed by atoms with van der Waals surface area (Å²) in [6.45, 7) is 4.05. The third kappa shape index (κ3) is 2.54. The van der Waals surface area contributed by atoms with E-state index in [2.05, 4.69) is 0 Å². The minimum atomic E-state index is -4.17. The Labute approximate surface area is 107 Å². The van der Waals surface area contributed by atoms with Crippen molar-refractivity contribution in [3.05, 3.63) is 42.0 Å². The highest BCUT2D eigenvalue weighted by molar-refractivity contribution is 7.85. The maximum atomic E-state index is 11.4. The van der Waals surface area contributed by atoms with Crippen molar-refractivity contribution in [2.45, 2.75) is 25.2 Å². The van der Waals surface area contributed by atoms with Crippen LogP contribution in [0.4, 0.5) is 0 Å². The predicted octanol–water partition coefficient (Wildman–Crippen LogP) is 3.29. The van der Waals surface area contributed by atoms with Crippen LogP contribution in [0.5, 0.6) is 0 Å². The van der Waals surface area contributed by atoms with E-state index >= 15 is 0 Å². The monoisotopic (exact) mass is 264 g/mol. The lowest BCUT2D eigenvalue weighted by Crippen LogP contribution is -2.06. The number of benzene rings is 2. The van der Waals surface area contributed by atoms with Crippen molar-refractivity contribution in [3.63, 3.8) is 0 Å². The van der Waals surface area contributed by atoms with Crippen LogP contribution < -0.4 is 0 Å². The van der Waals surface area contributed by atoms with E-state index in [0.717, 1.165) is 10.8 Å². The van der Waals surface area contributed by atoms with E-state index in [1.807, 2.05) is 38.1 Å². The Kier molecular flexibility index (Phi) is 3.41. The first-order valence-corrected chi connectivity index (χ1v) is 7.31. The van der Waals surface area contributed by atoms with Gasteiger partial charge in [-0.2, -0.15) is 8.42 Å². The molecular weight excluding hydrogens is 248 g/mol. The maximum absolute atomic E-state index is 11.4. The molecule has 3 nitrogen and oxygen atoms in total. The Morgan fingerprint density at radius 2 is 1.78 bits per heavy atom. The quantitative estimate of drug-likeness (QED) is 0.865. The minimum Gasteiger partial charge on any atom is -0.282 e. The molecule has 2 aromatic carbocycles. The fourth-order valence-electron chi connectivity index (χ4n) is 2.18. The molecule has 0 spiro atoms. The molecule has 1 N–H and O–H groups in total. The van der Waals surface area contributed by atoms with Crippen molar-refractivity contribution in [1.29, 1.82) is 0 Å². The lowest BCUT2D eigenvalue weighted by Gasteiger charge is -2.13. The van der Waals surface area contributed by atoms with Crippen LogP contribution in [0.25, 0.3) is 10.8 Å². The van der Waals surface area contributed by atoms with Crippen LogP contribution in [0.1, 0.15) is 19.4 Å². The first-order chi connectivity index (χ1) is 8.39. The van der Waals surface area contributed by atoms with Gasteiger partial charge in [-0.3, -0.25) is 4.55 Å². The molecular formula is C14H16O3S. The van der Waals surface area contributed by atoms with Gasteiger partial charge in [-0.1, -0.05) is 44.2 Å². The number of rotatable bonds is 3. The van der Waals surface area contributed by atoms with E-state index < -0.39 is 10.1 Å². The summed E-state index contributed by atoms with van der Waals surface area (Å²) in [5.74, 6) is 0.316. The molecule has 0 radical (unpaired) electrons. The molecule has 0 fully saturated rings. The first kappa shape index (κ1) is 13.1. The molecule has 2 aromatic rings. The summed E-state index contributed by atoms with van der Waals surface area (Å²) in [5.41, 5.74) is 0.700. The van der Waals surface area contributed by atoms with Crippen LogP contribution in [0.15, 0.2) is 41.3 Å². The smallest absolute Gasteiger partial charge is 0.282 e. The SMILES string of the molecule is CC(C)Cc1c(S(=O)(=O)O)ccc2ccccc12. The van der Waals surface area contributed by atoms with E-state index in [9.17, 15) is 13.0 Å². The van der Waals surface area contributed by atoms with Gasteiger partial charge in [-0.15, -0.1) is 0 Å². The fraction of sp³-hybridized carbons (Fsp3) is 0.286. The van der Waals surface area contributed by atoms with Gasteiger partial charge in [0.1, 0.15) is 0 Å². The van der Waals surface area contributed by atoms with Gasteiger partial charge in [0.25, 0.3) is 10.1 Å². The van der Waals surface area contributed by atoms with E-state index in [0.29, 0.717) is 17.9 Å². The molecule has 0 saturated heterocycles. The lowest BCUT2D eigenvalue weighted by atomic mass is 9.97. The molecule has 0 atom stereocenters. The molecule has 4 heteroatoms. The van der Waals surface area contributed by atoms with E-state index in [1.54, 1.807) is 6.07 Å². The van der Waals surface area contributed by atoms with Crippen molar-refractivity contribution >= 4 is 20.9 Å². The predicted molar refractivity (Wildman–Crippen MR) is 72.3 cm³/mol. The second-order valence-electron chi connectivity index (χ2n) is 4.84. The fourth-order valence-corrected chi connectivity index (χ4v) is 2.92. The Balaban J connectivity index is 2.79. The van der Waals surface area contributed by atoms with Gasteiger partial charge in [-0.05, 0) is 34.7 Å². The number of hydrogen-bond donors (Lipinski definition) is 1. The Morgan fingerprint density at radius 1 is 1.11 bits per heavy atom. The van der Waals surface area contributed by atoms with Crippen LogP contribution in [0.3, 0.4) is 0 Å². The number of hydrogen-bond acceptors (Lipinski definition) is 2. The average molecular weight is 264 g/mol. The summed E-state index contributed by atoms with van der Waals surface area (Å²) < 4.78 is 32.2. The Morgan fingerprint density at radius 3 is 2.39 bits per heavy atom. The highest BCUT2D eigenvalue weighted by Crippen LogP contribution is 2.27. The number of fused-ring (bicyclic) bond motifs is 1. The highest BCUT2D eigenvalue weighted by Gasteiger charge is 2.18. The van der Waals surface area contributed by atoms with E-state index in [1.165, 1.54) is 6.07 Å². The van der Waals surface area contributed by atoms with E-state index in [4.69, 9.17) is 0 Å². The molecule has 0 aliphatic carbocycles. The normalized spacial score (nSPS) is 12.2. The van der Waals surface area contributed by atoms with Gasteiger partial charge in [0, 0.05) is 0 Å². The molecule has 0 saturated carbocycles. The van der Waals surface area contributed by atoms with Gasteiger partial charge in [0.05, 0.1) is 4.90 Å². The van der Waals surface area contributed by atoms with Gasteiger partial charge in [-0.25, -0.2) is 0 Å². The van der Waals surface area contributed by atoms with Crippen LogP contribution in [0.2, 0.25) is 0 Å². The summed E-state index contributed by atoms with van der Waals surface area (Å²) in [6.07, 6.45) is 0.622. The van der Waals surface area contributed by atoms with Crippen molar-refractivity contribution in [2.75, 3.05) is 0 Å². The van der Waals surface area contributed by atoms with Crippen LogP contribution in [-0.2, 0) is 16.5 Å². The minimum absolute atomic E-state index is 0.0231. The third-order valence-corrected chi connectivity index (χ3v) is 3.83. The molecule has 0 aliphatic rings. The van der Waals surface area contributed by atoms with Crippen molar-refractivity contribution < 1.29 is 13.0 Å². The standard InChI is InChI=1S/C14H16O3S/c1-10(2)9-13-12-6-4-3-5-11(12)7-8-14(13)18(15,16)17/h3-8,10H,9H2,1-2H3,(H,15,16,17). The molecule has 0 bridgehead atoms. The van der Waals surface area contributed by atoms with Crippen molar-refractivity contribution in [2.24, 2.45) is 5.92 Å². The zero-order valence-corrected chi connectivity index (χ0v) is 11.2. The second-order valence-corrected chi connectivity index (χ2v) is 6.23. The molecule has 96 valence electrons. The average Bonchev–Trinajstić information content (AvgIpc) is 2.27. The highest BCUT2D eigenvalue weighted by atomic mass is 32.2. The van der Waals surface area contributed by atoms with Gasteiger partial charge < -0.3 is 0 Å². The lowest BCUT2D eigenvalue weighted by molar-refractivity contribution is 0.481. The van der Waals surface area contributed by atoms with E-state index in [-0.39, 0.29) is 4.90 Å². The second kappa shape index (κ2) is 4.71. The molecule has 2 rings (SSSR count). The Bertz CT molecular complexity index is 672. The third-order valence-electron chi connectivity index (χ3n) is 2.89. The maximum Gasteiger partial charge on any atom is 0.294 e. The van der Waals surface area contributed by atoms with Gasteiger partial charge in [0.15, 0.2) is 0 Å². The topological polar surface area (TPSA) is 54.4 Å². The molecule has 0 unspecified atom stereocenters. The first-order valence-electron chi connectivity index (χ1n) is 5.87. The Hall–Kier alpha value is -1.39. The molecule has 0 heterocycles. The van der Waals surface area contributed by atoms with Crippen LogP contribution in [-0.4, -0.2) is 13.0 Å². The molecule has 0 aliphatic heterocycles. The molecule has 0 aromatic heterocycles.